The number of benzene rings is 2. The van der Waals surface area contributed by atoms with E-state index >= 15 is 0 Å². The maximum Gasteiger partial charge on any atom is 0.293 e. The summed E-state index contributed by atoms with van der Waals surface area (Å²) in [7, 11) is 0. The summed E-state index contributed by atoms with van der Waals surface area (Å²) in [5.74, 6) is -1.48. The first kappa shape index (κ1) is 24.3. The second kappa shape index (κ2) is 9.86. The number of primary amides is 2. The Hall–Kier alpha value is -4.02. The van der Waals surface area contributed by atoms with Crippen LogP contribution < -0.4 is 16.8 Å². The topological polar surface area (TPSA) is 184 Å². The molecule has 0 heterocycles. The van der Waals surface area contributed by atoms with Gasteiger partial charge in [-0.25, -0.2) is 0 Å². The highest BCUT2D eigenvalue weighted by Gasteiger charge is 2.25. The number of nitrogens with one attached hydrogen (secondary N) is 1. The summed E-state index contributed by atoms with van der Waals surface area (Å²) in [6.45, 7) is 4.34. The number of nitro benzene ring substituents is 2. The van der Waals surface area contributed by atoms with Gasteiger partial charge >= 0.3 is 0 Å². The fourth-order valence-corrected chi connectivity index (χ4v) is 3.42. The predicted molar refractivity (Wildman–Crippen MR) is 118 cm³/mol. The van der Waals surface area contributed by atoms with Crippen LogP contribution in [0.15, 0.2) is 36.4 Å². The molecule has 0 bridgehead atoms. The van der Waals surface area contributed by atoms with Gasteiger partial charge in [-0.15, -0.1) is 0 Å². The molecule has 0 aliphatic heterocycles. The van der Waals surface area contributed by atoms with Crippen molar-refractivity contribution in [1.82, 2.24) is 0 Å². The smallest absolute Gasteiger partial charge is 0.293 e. The van der Waals surface area contributed by atoms with E-state index in [4.69, 9.17) is 11.5 Å². The molecule has 5 N–H and O–H groups in total. The van der Waals surface area contributed by atoms with E-state index in [1.54, 1.807) is 6.07 Å². The molecule has 0 saturated carbocycles. The van der Waals surface area contributed by atoms with Crippen molar-refractivity contribution in [1.29, 1.82) is 0 Å². The molecule has 11 heteroatoms. The molecule has 0 atom stereocenters. The van der Waals surface area contributed by atoms with E-state index in [9.17, 15) is 29.8 Å². The van der Waals surface area contributed by atoms with Gasteiger partial charge in [0.05, 0.1) is 9.85 Å². The third-order valence-electron chi connectivity index (χ3n) is 5.06. The zero-order valence-corrected chi connectivity index (χ0v) is 17.8. The van der Waals surface area contributed by atoms with Gasteiger partial charge in [-0.05, 0) is 42.9 Å². The molecule has 170 valence electrons. The summed E-state index contributed by atoms with van der Waals surface area (Å²) in [6, 6.07) is 8.18. The first-order valence-electron chi connectivity index (χ1n) is 9.80. The lowest BCUT2D eigenvalue weighted by molar-refractivity contribution is -0.385. The number of hydrogen-bond donors (Lipinski definition) is 3. The molecule has 2 amide bonds. The standard InChI is InChI=1S/C21H25N5O6/c1-21(2,12-15-5-4-13(19(22)27)10-17(15)25(29)30)8-3-9-24-16-7-6-14(20(23)28)11-18(16)26(31)32/h4-7,10-11,24H,3,8-9,12H2,1-2H3,(H2,22,27)(H2,23,28). The molecule has 2 aromatic carbocycles. The molecule has 0 fully saturated rings. The van der Waals surface area contributed by atoms with Crippen LogP contribution in [-0.4, -0.2) is 28.2 Å². The Balaban J connectivity index is 2.03. The Kier molecular flexibility index (Phi) is 7.47. The quantitative estimate of drug-likeness (QED) is 0.270. The molecule has 2 rings (SSSR count). The van der Waals surface area contributed by atoms with Crippen LogP contribution in [0, 0.1) is 25.6 Å². The van der Waals surface area contributed by atoms with E-state index in [2.05, 4.69) is 5.32 Å². The third kappa shape index (κ3) is 6.24. The second-order valence-electron chi connectivity index (χ2n) is 8.19. The second-order valence-corrected chi connectivity index (χ2v) is 8.19. The highest BCUT2D eigenvalue weighted by molar-refractivity contribution is 5.94. The average molecular weight is 443 g/mol. The fraction of sp³-hybridized carbons (Fsp3) is 0.333. The van der Waals surface area contributed by atoms with Gasteiger partial charge in [-0.2, -0.15) is 0 Å². The van der Waals surface area contributed by atoms with E-state index in [1.165, 1.54) is 24.3 Å². The first-order valence-corrected chi connectivity index (χ1v) is 9.80. The van der Waals surface area contributed by atoms with Gasteiger partial charge in [0, 0.05) is 35.4 Å². The van der Waals surface area contributed by atoms with Gasteiger partial charge in [0.15, 0.2) is 0 Å². The van der Waals surface area contributed by atoms with Crippen molar-refractivity contribution in [2.45, 2.75) is 33.1 Å². The minimum absolute atomic E-state index is 0.0485. The van der Waals surface area contributed by atoms with Crippen molar-refractivity contribution < 1.29 is 19.4 Å². The molecule has 0 radical (unpaired) electrons. The highest BCUT2D eigenvalue weighted by Crippen LogP contribution is 2.32. The number of nitro groups is 2. The molecule has 0 saturated heterocycles. The first-order chi connectivity index (χ1) is 14.9. The zero-order valence-electron chi connectivity index (χ0n) is 17.8. The van der Waals surface area contributed by atoms with Gasteiger partial charge in [0.25, 0.3) is 11.4 Å². The Bertz CT molecular complexity index is 1070. The average Bonchev–Trinajstić information content (AvgIpc) is 2.70. The Morgan fingerprint density at radius 1 is 0.938 bits per heavy atom. The van der Waals surface area contributed by atoms with E-state index < -0.39 is 21.7 Å². The Morgan fingerprint density at radius 3 is 2.00 bits per heavy atom. The number of nitrogens with two attached hydrogens (primary N) is 2. The summed E-state index contributed by atoms with van der Waals surface area (Å²) >= 11 is 0. The van der Waals surface area contributed by atoms with Crippen molar-refractivity contribution in [2.24, 2.45) is 16.9 Å². The van der Waals surface area contributed by atoms with Crippen LogP contribution in [-0.2, 0) is 6.42 Å². The molecule has 32 heavy (non-hydrogen) atoms. The minimum atomic E-state index is -0.751. The molecule has 0 aromatic heterocycles. The molecule has 0 spiro atoms. The van der Waals surface area contributed by atoms with Gasteiger partial charge in [-0.1, -0.05) is 19.9 Å². The van der Waals surface area contributed by atoms with Crippen molar-refractivity contribution in [3.8, 4) is 0 Å². The maximum atomic E-state index is 11.4. The number of nitrogens with zero attached hydrogens (tertiary/aromatic N) is 2. The van der Waals surface area contributed by atoms with Gasteiger partial charge in [-0.3, -0.25) is 29.8 Å². The van der Waals surface area contributed by atoms with Crippen molar-refractivity contribution >= 4 is 28.9 Å². The van der Waals surface area contributed by atoms with Gasteiger partial charge < -0.3 is 16.8 Å². The summed E-state index contributed by atoms with van der Waals surface area (Å²) in [5, 5.41) is 25.7. The fourth-order valence-electron chi connectivity index (χ4n) is 3.42. The third-order valence-corrected chi connectivity index (χ3v) is 5.06. The molecule has 11 nitrogen and oxygen atoms in total. The number of carbonyl (C=O) groups is 2. The maximum absolute atomic E-state index is 11.4. The van der Waals surface area contributed by atoms with Crippen LogP contribution in [0.4, 0.5) is 17.1 Å². The van der Waals surface area contributed by atoms with Crippen LogP contribution in [0.25, 0.3) is 0 Å². The van der Waals surface area contributed by atoms with Crippen LogP contribution in [0.1, 0.15) is 53.0 Å². The number of hydrogen-bond acceptors (Lipinski definition) is 7. The van der Waals surface area contributed by atoms with Gasteiger partial charge in [0.2, 0.25) is 11.8 Å². The van der Waals surface area contributed by atoms with E-state index in [0.717, 1.165) is 6.07 Å². The predicted octanol–water partition coefficient (Wildman–Crippen LogP) is 3.16. The SMILES string of the molecule is CC(C)(CCCNc1ccc(C(N)=O)cc1[N+](=O)[O-])Cc1ccc(C(N)=O)cc1[N+](=O)[O-]. The van der Waals surface area contributed by atoms with E-state index in [-0.39, 0.29) is 33.6 Å². The van der Waals surface area contributed by atoms with Crippen LogP contribution in [0.2, 0.25) is 0 Å². The molecule has 0 aliphatic carbocycles. The summed E-state index contributed by atoms with van der Waals surface area (Å²) in [6.07, 6.45) is 1.70. The summed E-state index contributed by atoms with van der Waals surface area (Å²) in [5.41, 5.74) is 10.6. The lowest BCUT2D eigenvalue weighted by atomic mass is 9.81. The highest BCUT2D eigenvalue weighted by atomic mass is 16.6. The zero-order chi connectivity index (χ0) is 24.1. The molecule has 0 unspecified atom stereocenters. The van der Waals surface area contributed by atoms with E-state index in [0.29, 0.717) is 31.4 Å². The lowest BCUT2D eigenvalue weighted by Crippen LogP contribution is -2.18. The van der Waals surface area contributed by atoms with Gasteiger partial charge in [0.1, 0.15) is 5.69 Å². The molecular weight excluding hydrogens is 418 g/mol. The van der Waals surface area contributed by atoms with E-state index in [1.807, 2.05) is 13.8 Å². The summed E-state index contributed by atoms with van der Waals surface area (Å²) < 4.78 is 0. The normalized spacial score (nSPS) is 11.1. The molecule has 0 aliphatic rings. The number of amides is 2. The van der Waals surface area contributed by atoms with Crippen molar-refractivity contribution in [2.75, 3.05) is 11.9 Å². The monoisotopic (exact) mass is 443 g/mol. The lowest BCUT2D eigenvalue weighted by Gasteiger charge is -2.25. The minimum Gasteiger partial charge on any atom is -0.379 e. The van der Waals surface area contributed by atoms with Crippen molar-refractivity contribution in [3.05, 3.63) is 73.3 Å². The number of carbonyl (C=O) groups excluding carboxylic acids is 2. The van der Waals surface area contributed by atoms with Crippen LogP contribution in [0.3, 0.4) is 0 Å². The van der Waals surface area contributed by atoms with Crippen molar-refractivity contribution in [3.63, 3.8) is 0 Å². The van der Waals surface area contributed by atoms with Crippen LogP contribution >= 0.6 is 0 Å². The summed E-state index contributed by atoms with van der Waals surface area (Å²) in [4.78, 5) is 44.1. The number of anilines is 1. The largest absolute Gasteiger partial charge is 0.379 e. The Labute approximate surface area is 184 Å². The van der Waals surface area contributed by atoms with Crippen LogP contribution in [0.5, 0.6) is 0 Å². The molecular formula is C21H25N5O6. The molecule has 2 aromatic rings. The Morgan fingerprint density at radius 2 is 1.47 bits per heavy atom. The number of rotatable bonds is 11.